The van der Waals surface area contributed by atoms with Gasteiger partial charge in [0.05, 0.1) is 16.7 Å². The van der Waals surface area contributed by atoms with Crippen molar-refractivity contribution in [2.75, 3.05) is 7.05 Å². The van der Waals surface area contributed by atoms with Gasteiger partial charge in [0.15, 0.2) is 0 Å². The van der Waals surface area contributed by atoms with Crippen molar-refractivity contribution in [2.24, 2.45) is 0 Å². The van der Waals surface area contributed by atoms with E-state index in [-0.39, 0.29) is 17.9 Å². The number of halogens is 1. The molecule has 0 saturated carbocycles. The molecule has 6 heteroatoms. The maximum Gasteiger partial charge on any atom is 0.317 e. The highest BCUT2D eigenvalue weighted by Gasteiger charge is 2.21. The molecule has 1 atom stereocenters. The molecule has 0 aliphatic rings. The van der Waals surface area contributed by atoms with Gasteiger partial charge in [0, 0.05) is 18.5 Å². The summed E-state index contributed by atoms with van der Waals surface area (Å²) in [5, 5.41) is 3.79. The highest BCUT2D eigenvalue weighted by atomic mass is 32.1. The fraction of sp³-hybridized carbons (Fsp3) is 0.375. The van der Waals surface area contributed by atoms with Gasteiger partial charge in [-0.05, 0) is 38.5 Å². The Bertz CT molecular complexity index is 671. The Labute approximate surface area is 134 Å². The highest BCUT2D eigenvalue weighted by Crippen LogP contribution is 2.25. The lowest BCUT2D eigenvalue weighted by Crippen LogP contribution is -2.38. The van der Waals surface area contributed by atoms with Gasteiger partial charge in [-0.25, -0.2) is 14.2 Å². The number of urea groups is 1. The van der Waals surface area contributed by atoms with Crippen molar-refractivity contribution in [1.29, 1.82) is 0 Å². The average molecular weight is 321 g/mol. The van der Waals surface area contributed by atoms with E-state index >= 15 is 0 Å². The van der Waals surface area contributed by atoms with Crippen molar-refractivity contribution in [3.05, 3.63) is 51.2 Å². The summed E-state index contributed by atoms with van der Waals surface area (Å²) in [6.07, 6.45) is 0. The summed E-state index contributed by atoms with van der Waals surface area (Å²) < 4.78 is 13.1. The van der Waals surface area contributed by atoms with Gasteiger partial charge < -0.3 is 10.2 Å². The predicted molar refractivity (Wildman–Crippen MR) is 86.4 cm³/mol. The van der Waals surface area contributed by atoms with E-state index in [2.05, 4.69) is 10.3 Å². The molecular formula is C16H20FN3OS. The summed E-state index contributed by atoms with van der Waals surface area (Å²) in [5.41, 5.74) is 1.65. The normalized spacial score (nSPS) is 12.0. The summed E-state index contributed by atoms with van der Waals surface area (Å²) in [6, 6.07) is 5.88. The number of thiazole rings is 1. The lowest BCUT2D eigenvalue weighted by molar-refractivity contribution is 0.193. The van der Waals surface area contributed by atoms with E-state index in [1.807, 2.05) is 20.8 Å². The van der Waals surface area contributed by atoms with Crippen LogP contribution in [0.25, 0.3) is 0 Å². The SMILES string of the molecule is Cc1nc([C@H](C)N(C)C(=O)NCc2cccc(F)c2)c(C)s1. The molecule has 0 spiro atoms. The average Bonchev–Trinajstić information content (AvgIpc) is 2.82. The Morgan fingerprint density at radius 3 is 2.77 bits per heavy atom. The van der Waals surface area contributed by atoms with Crippen LogP contribution in [0.3, 0.4) is 0 Å². The summed E-state index contributed by atoms with van der Waals surface area (Å²) in [7, 11) is 1.74. The third kappa shape index (κ3) is 3.82. The first-order valence-electron chi connectivity index (χ1n) is 7.07. The standard InChI is InChI=1S/C16H20FN3OS/c1-10(15-11(2)22-12(3)19-15)20(4)16(21)18-9-13-6-5-7-14(17)8-13/h5-8,10H,9H2,1-4H3,(H,18,21)/t10-/m0/s1. The first kappa shape index (κ1) is 16.4. The second-order valence-electron chi connectivity index (χ2n) is 5.25. The lowest BCUT2D eigenvalue weighted by Gasteiger charge is -2.24. The molecular weight excluding hydrogens is 301 g/mol. The molecule has 2 rings (SSSR count). The number of aromatic nitrogens is 1. The van der Waals surface area contributed by atoms with Crippen LogP contribution in [0.15, 0.2) is 24.3 Å². The van der Waals surface area contributed by atoms with Crippen molar-refractivity contribution in [3.8, 4) is 0 Å². The number of amides is 2. The summed E-state index contributed by atoms with van der Waals surface area (Å²) in [6.45, 7) is 6.21. The van der Waals surface area contributed by atoms with Gasteiger partial charge in [0.2, 0.25) is 0 Å². The number of rotatable bonds is 4. The largest absolute Gasteiger partial charge is 0.334 e. The van der Waals surface area contributed by atoms with Crippen molar-refractivity contribution >= 4 is 17.4 Å². The molecule has 0 aliphatic carbocycles. The Balaban J connectivity index is 1.98. The molecule has 0 aliphatic heterocycles. The number of nitrogens with one attached hydrogen (secondary N) is 1. The van der Waals surface area contributed by atoms with Crippen LogP contribution in [0, 0.1) is 19.7 Å². The van der Waals surface area contributed by atoms with Crippen LogP contribution in [0.2, 0.25) is 0 Å². The molecule has 1 N–H and O–H groups in total. The third-order valence-corrected chi connectivity index (χ3v) is 4.47. The van der Waals surface area contributed by atoms with Crippen molar-refractivity contribution in [1.82, 2.24) is 15.2 Å². The number of hydrogen-bond donors (Lipinski definition) is 1. The predicted octanol–water partition coefficient (Wildman–Crippen LogP) is 3.80. The van der Waals surface area contributed by atoms with E-state index in [1.165, 1.54) is 12.1 Å². The lowest BCUT2D eigenvalue weighted by atomic mass is 10.2. The Morgan fingerprint density at radius 2 is 2.18 bits per heavy atom. The molecule has 118 valence electrons. The van der Waals surface area contributed by atoms with Crippen molar-refractivity contribution < 1.29 is 9.18 Å². The van der Waals surface area contributed by atoms with Gasteiger partial charge in [0.1, 0.15) is 5.82 Å². The van der Waals surface area contributed by atoms with Gasteiger partial charge in [-0.2, -0.15) is 0 Å². The zero-order valence-corrected chi connectivity index (χ0v) is 14.0. The quantitative estimate of drug-likeness (QED) is 0.931. The second kappa shape index (κ2) is 6.87. The molecule has 2 aromatic rings. The van der Waals surface area contributed by atoms with Crippen LogP contribution < -0.4 is 5.32 Å². The van der Waals surface area contributed by atoms with Crippen molar-refractivity contribution in [2.45, 2.75) is 33.4 Å². The van der Waals surface area contributed by atoms with Crippen LogP contribution in [0.5, 0.6) is 0 Å². The van der Waals surface area contributed by atoms with E-state index < -0.39 is 0 Å². The Hall–Kier alpha value is -1.95. The maximum atomic E-state index is 13.1. The van der Waals surface area contributed by atoms with Crippen LogP contribution in [0.4, 0.5) is 9.18 Å². The van der Waals surface area contributed by atoms with E-state index in [0.29, 0.717) is 6.54 Å². The number of benzene rings is 1. The van der Waals surface area contributed by atoms with Crippen LogP contribution in [-0.4, -0.2) is 23.0 Å². The molecule has 22 heavy (non-hydrogen) atoms. The monoisotopic (exact) mass is 321 g/mol. The second-order valence-corrected chi connectivity index (χ2v) is 6.66. The zero-order chi connectivity index (χ0) is 16.3. The molecule has 0 radical (unpaired) electrons. The smallest absolute Gasteiger partial charge is 0.317 e. The van der Waals surface area contributed by atoms with E-state index in [9.17, 15) is 9.18 Å². The molecule has 1 aromatic carbocycles. The molecule has 4 nitrogen and oxygen atoms in total. The molecule has 0 saturated heterocycles. The molecule has 0 bridgehead atoms. The van der Waals surface area contributed by atoms with E-state index in [1.54, 1.807) is 35.4 Å². The fourth-order valence-electron chi connectivity index (χ4n) is 2.24. The molecule has 0 fully saturated rings. The van der Waals surface area contributed by atoms with E-state index in [0.717, 1.165) is 21.1 Å². The number of carbonyl (C=O) groups is 1. The summed E-state index contributed by atoms with van der Waals surface area (Å²) in [5.74, 6) is -0.304. The fourth-order valence-corrected chi connectivity index (χ4v) is 3.15. The molecule has 1 heterocycles. The minimum absolute atomic E-state index is 0.113. The topological polar surface area (TPSA) is 45.2 Å². The molecule has 2 amide bonds. The van der Waals surface area contributed by atoms with E-state index in [4.69, 9.17) is 0 Å². The van der Waals surface area contributed by atoms with Crippen molar-refractivity contribution in [3.63, 3.8) is 0 Å². The number of carbonyl (C=O) groups excluding carboxylic acids is 1. The first-order chi connectivity index (χ1) is 10.4. The Kier molecular flexibility index (Phi) is 5.13. The Morgan fingerprint density at radius 1 is 1.45 bits per heavy atom. The van der Waals surface area contributed by atoms with Crippen LogP contribution in [-0.2, 0) is 6.54 Å². The van der Waals surface area contributed by atoms with Crippen LogP contribution >= 0.6 is 11.3 Å². The van der Waals surface area contributed by atoms with Gasteiger partial charge in [-0.3, -0.25) is 0 Å². The van der Waals surface area contributed by atoms with Crippen LogP contribution in [0.1, 0.15) is 34.1 Å². The highest BCUT2D eigenvalue weighted by molar-refractivity contribution is 7.11. The zero-order valence-electron chi connectivity index (χ0n) is 13.2. The third-order valence-electron chi connectivity index (χ3n) is 3.57. The number of nitrogens with zero attached hydrogens (tertiary/aromatic N) is 2. The maximum absolute atomic E-state index is 13.1. The minimum atomic E-state index is -0.304. The van der Waals surface area contributed by atoms with Gasteiger partial charge in [-0.1, -0.05) is 12.1 Å². The summed E-state index contributed by atoms with van der Waals surface area (Å²) in [4.78, 5) is 19.5. The number of hydrogen-bond acceptors (Lipinski definition) is 3. The minimum Gasteiger partial charge on any atom is -0.334 e. The molecule has 0 unspecified atom stereocenters. The van der Waals surface area contributed by atoms with Gasteiger partial charge in [0.25, 0.3) is 0 Å². The van der Waals surface area contributed by atoms with Gasteiger partial charge >= 0.3 is 6.03 Å². The molecule has 1 aromatic heterocycles. The van der Waals surface area contributed by atoms with Gasteiger partial charge in [-0.15, -0.1) is 11.3 Å². The number of aryl methyl sites for hydroxylation is 2. The summed E-state index contributed by atoms with van der Waals surface area (Å²) >= 11 is 1.63. The first-order valence-corrected chi connectivity index (χ1v) is 7.89.